The van der Waals surface area contributed by atoms with E-state index in [-0.39, 0.29) is 19.0 Å². The number of rotatable bonds is 1. The van der Waals surface area contributed by atoms with E-state index < -0.39 is 17.9 Å². The van der Waals surface area contributed by atoms with Gasteiger partial charge in [-0.05, 0) is 43.4 Å². The number of halogens is 2. The lowest BCUT2D eigenvalue weighted by molar-refractivity contribution is 0.00649. The molecule has 1 amide bonds. The molecule has 2 atom stereocenters. The van der Waals surface area contributed by atoms with Gasteiger partial charge in [0.15, 0.2) is 5.65 Å². The number of carbonyl (C=O) groups is 1. The van der Waals surface area contributed by atoms with Crippen LogP contribution in [0.1, 0.15) is 33.2 Å². The number of nitrogen functional groups attached to an aromatic ring is 1. The Balaban J connectivity index is 1.90. The van der Waals surface area contributed by atoms with Gasteiger partial charge >= 0.3 is 6.09 Å². The van der Waals surface area contributed by atoms with E-state index in [1.54, 1.807) is 25.5 Å². The largest absolute Gasteiger partial charge is 0.444 e. The van der Waals surface area contributed by atoms with Gasteiger partial charge in [0.25, 0.3) is 0 Å². The van der Waals surface area contributed by atoms with Crippen LogP contribution in [0, 0.1) is 3.70 Å². The predicted molar refractivity (Wildman–Crippen MR) is 98.8 cm³/mol. The van der Waals surface area contributed by atoms with Crippen LogP contribution in [0.4, 0.5) is 15.0 Å². The van der Waals surface area contributed by atoms with Gasteiger partial charge in [0.1, 0.15) is 27.6 Å². The SMILES string of the molecule is CC(C)(C)OC(=O)N1C[C@H](F)C[C@@H](n2nc(I)c3c(N)ncnc32)C1. The third-order valence-electron chi connectivity index (χ3n) is 3.85. The van der Waals surface area contributed by atoms with Crippen molar-refractivity contribution in [1.82, 2.24) is 24.6 Å². The predicted octanol–water partition coefficient (Wildman–Crippen LogP) is 2.53. The molecule has 3 rings (SSSR count). The molecule has 1 aliphatic rings. The van der Waals surface area contributed by atoms with Gasteiger partial charge in [0, 0.05) is 13.0 Å². The van der Waals surface area contributed by atoms with Gasteiger partial charge in [0.2, 0.25) is 0 Å². The lowest BCUT2D eigenvalue weighted by atomic mass is 10.0. The van der Waals surface area contributed by atoms with E-state index in [0.717, 1.165) is 0 Å². The Morgan fingerprint density at radius 1 is 1.40 bits per heavy atom. The normalized spacial score (nSPS) is 21.6. The molecule has 3 heterocycles. The van der Waals surface area contributed by atoms with Crippen molar-refractivity contribution in [3.63, 3.8) is 0 Å². The molecule has 0 saturated carbocycles. The number of nitrogens with zero attached hydrogens (tertiary/aromatic N) is 5. The number of alkyl halides is 1. The minimum Gasteiger partial charge on any atom is -0.444 e. The molecule has 1 fully saturated rings. The van der Waals surface area contributed by atoms with E-state index in [1.807, 2.05) is 0 Å². The molecule has 0 unspecified atom stereocenters. The van der Waals surface area contributed by atoms with Crippen LogP contribution < -0.4 is 5.73 Å². The number of hydrogen-bond acceptors (Lipinski definition) is 6. The van der Waals surface area contributed by atoms with Gasteiger partial charge in [-0.3, -0.25) is 0 Å². The summed E-state index contributed by atoms with van der Waals surface area (Å²) in [6.07, 6.45) is -0.0915. The van der Waals surface area contributed by atoms with Crippen LogP contribution in [0.3, 0.4) is 0 Å². The number of carbonyl (C=O) groups excluding carboxylic acids is 1. The van der Waals surface area contributed by atoms with Crippen molar-refractivity contribution >= 4 is 45.5 Å². The number of hydrogen-bond donors (Lipinski definition) is 1. The number of piperidine rings is 1. The second kappa shape index (κ2) is 6.54. The zero-order chi connectivity index (χ0) is 18.4. The molecule has 0 aromatic carbocycles. The van der Waals surface area contributed by atoms with Gasteiger partial charge in [-0.2, -0.15) is 5.10 Å². The molecule has 0 aliphatic carbocycles. The number of likely N-dealkylation sites (tertiary alicyclic amines) is 1. The maximum absolute atomic E-state index is 14.3. The van der Waals surface area contributed by atoms with Crippen LogP contribution in [0.2, 0.25) is 0 Å². The fraction of sp³-hybridized carbons (Fsp3) is 0.600. The molecule has 2 aromatic heterocycles. The summed E-state index contributed by atoms with van der Waals surface area (Å²) in [5, 5.41) is 5.10. The molecule has 8 nitrogen and oxygen atoms in total. The molecular formula is C15H20FIN6O2. The van der Waals surface area contributed by atoms with Crippen LogP contribution in [0.25, 0.3) is 11.0 Å². The number of anilines is 1. The van der Waals surface area contributed by atoms with Gasteiger partial charge in [0.05, 0.1) is 18.0 Å². The van der Waals surface area contributed by atoms with E-state index >= 15 is 0 Å². The first kappa shape index (κ1) is 18.1. The molecule has 1 aliphatic heterocycles. The van der Waals surface area contributed by atoms with Crippen molar-refractivity contribution in [2.75, 3.05) is 18.8 Å². The second-order valence-corrected chi connectivity index (χ2v) is 8.09. The smallest absolute Gasteiger partial charge is 0.410 e. The highest BCUT2D eigenvalue weighted by Gasteiger charge is 2.35. The van der Waals surface area contributed by atoms with Gasteiger partial charge in [-0.25, -0.2) is 23.8 Å². The minimum atomic E-state index is -1.16. The fourth-order valence-corrected chi connectivity index (χ4v) is 3.62. The van der Waals surface area contributed by atoms with Crippen molar-refractivity contribution in [1.29, 1.82) is 0 Å². The molecule has 0 bridgehead atoms. The summed E-state index contributed by atoms with van der Waals surface area (Å²) in [7, 11) is 0. The van der Waals surface area contributed by atoms with E-state index in [4.69, 9.17) is 10.5 Å². The summed E-state index contributed by atoms with van der Waals surface area (Å²) in [6, 6.07) is -0.350. The van der Waals surface area contributed by atoms with E-state index in [1.165, 1.54) is 11.2 Å². The van der Waals surface area contributed by atoms with E-state index in [2.05, 4.69) is 37.7 Å². The highest BCUT2D eigenvalue weighted by Crippen LogP contribution is 2.30. The zero-order valence-electron chi connectivity index (χ0n) is 14.2. The molecule has 25 heavy (non-hydrogen) atoms. The molecule has 2 aromatic rings. The minimum absolute atomic E-state index is 0.0127. The first-order chi connectivity index (χ1) is 11.7. The number of aromatic nitrogens is 4. The van der Waals surface area contributed by atoms with Crippen LogP contribution in [0.15, 0.2) is 6.33 Å². The first-order valence-corrected chi connectivity index (χ1v) is 9.00. The Labute approximate surface area is 158 Å². The van der Waals surface area contributed by atoms with Crippen LogP contribution >= 0.6 is 22.6 Å². The van der Waals surface area contributed by atoms with E-state index in [0.29, 0.717) is 27.1 Å². The molecule has 2 N–H and O–H groups in total. The maximum atomic E-state index is 14.3. The monoisotopic (exact) mass is 462 g/mol. The van der Waals surface area contributed by atoms with Crippen LogP contribution in [-0.4, -0.2) is 55.6 Å². The Morgan fingerprint density at radius 3 is 2.80 bits per heavy atom. The molecule has 1 saturated heterocycles. The molecule has 10 heteroatoms. The Bertz CT molecular complexity index is 805. The summed E-state index contributed by atoms with van der Waals surface area (Å²) in [5.74, 6) is 0.331. The highest BCUT2D eigenvalue weighted by atomic mass is 127. The quantitative estimate of drug-likeness (QED) is 0.655. The second-order valence-electron chi connectivity index (χ2n) is 7.07. The van der Waals surface area contributed by atoms with Crippen molar-refractivity contribution in [3.8, 4) is 0 Å². The Morgan fingerprint density at radius 2 is 2.12 bits per heavy atom. The topological polar surface area (TPSA) is 99.2 Å². The summed E-state index contributed by atoms with van der Waals surface area (Å²) >= 11 is 2.05. The number of amides is 1. The van der Waals surface area contributed by atoms with Crippen molar-refractivity contribution in [2.45, 2.75) is 45.0 Å². The van der Waals surface area contributed by atoms with Crippen LogP contribution in [0.5, 0.6) is 0 Å². The zero-order valence-corrected chi connectivity index (χ0v) is 16.4. The first-order valence-electron chi connectivity index (χ1n) is 7.92. The third-order valence-corrected chi connectivity index (χ3v) is 4.61. The maximum Gasteiger partial charge on any atom is 0.410 e. The highest BCUT2D eigenvalue weighted by molar-refractivity contribution is 14.1. The number of nitrogens with two attached hydrogens (primary N) is 1. The standard InChI is InChI=1S/C15H20FIN6O2/c1-15(2,3)25-14(24)22-5-8(16)4-9(6-22)23-13-10(11(17)21-23)12(18)19-7-20-13/h7-9H,4-6H2,1-3H3,(H2,18,19,20)/t8-,9-/m1/s1. The average Bonchev–Trinajstić information content (AvgIpc) is 2.83. The van der Waals surface area contributed by atoms with Crippen LogP contribution in [-0.2, 0) is 4.74 Å². The van der Waals surface area contributed by atoms with Gasteiger partial charge < -0.3 is 15.4 Å². The number of fused-ring (bicyclic) bond motifs is 1. The summed E-state index contributed by atoms with van der Waals surface area (Å²) in [4.78, 5) is 21.9. The summed E-state index contributed by atoms with van der Waals surface area (Å²) in [6.45, 7) is 5.65. The fourth-order valence-electron chi connectivity index (χ4n) is 2.87. The summed E-state index contributed by atoms with van der Waals surface area (Å²) in [5.41, 5.74) is 5.81. The molecule has 136 valence electrons. The van der Waals surface area contributed by atoms with E-state index in [9.17, 15) is 9.18 Å². The molecule has 0 spiro atoms. The molecule has 0 radical (unpaired) electrons. The molecular weight excluding hydrogens is 442 g/mol. The Hall–Kier alpha value is -1.72. The average molecular weight is 462 g/mol. The van der Waals surface area contributed by atoms with Crippen molar-refractivity contribution in [2.24, 2.45) is 0 Å². The third kappa shape index (κ3) is 3.77. The van der Waals surface area contributed by atoms with Gasteiger partial charge in [-0.1, -0.05) is 0 Å². The number of ether oxygens (including phenoxy) is 1. The van der Waals surface area contributed by atoms with Crippen molar-refractivity contribution in [3.05, 3.63) is 10.0 Å². The lowest BCUT2D eigenvalue weighted by Gasteiger charge is -2.35. The lowest BCUT2D eigenvalue weighted by Crippen LogP contribution is -2.47. The van der Waals surface area contributed by atoms with Gasteiger partial charge in [-0.15, -0.1) is 0 Å². The van der Waals surface area contributed by atoms with Crippen molar-refractivity contribution < 1.29 is 13.9 Å². The summed E-state index contributed by atoms with van der Waals surface area (Å²) < 4.78 is 21.9. The Kier molecular flexibility index (Phi) is 4.73.